The van der Waals surface area contributed by atoms with Crippen LogP contribution < -0.4 is 5.32 Å². The summed E-state index contributed by atoms with van der Waals surface area (Å²) in [4.78, 5) is 24.5. The van der Waals surface area contributed by atoms with E-state index in [0.29, 0.717) is 5.92 Å². The van der Waals surface area contributed by atoms with Crippen molar-refractivity contribution in [3.8, 4) is 0 Å². The van der Waals surface area contributed by atoms with Gasteiger partial charge < -0.3 is 10.1 Å². The number of hydrogen-bond donors (Lipinski definition) is 1. The SMILES string of the molecule is C[C@H](OC(=O)c1ccc(S(C)(=O)=O)cc1)C(=O)N[C@@H]1CCCC[C@@H]1C. The molecule has 0 saturated heterocycles. The van der Waals surface area contributed by atoms with E-state index in [1.54, 1.807) is 0 Å². The highest BCUT2D eigenvalue weighted by Crippen LogP contribution is 2.23. The third-order valence-corrected chi connectivity index (χ3v) is 5.74. The van der Waals surface area contributed by atoms with Crippen LogP contribution in [0.4, 0.5) is 0 Å². The summed E-state index contributed by atoms with van der Waals surface area (Å²) in [5.74, 6) is -0.539. The molecule has 0 spiro atoms. The third-order valence-electron chi connectivity index (χ3n) is 4.61. The molecule has 1 aliphatic rings. The van der Waals surface area contributed by atoms with Crippen molar-refractivity contribution in [3.63, 3.8) is 0 Å². The number of nitrogens with one attached hydrogen (secondary N) is 1. The molecule has 2 rings (SSSR count). The van der Waals surface area contributed by atoms with Gasteiger partial charge in [-0.15, -0.1) is 0 Å². The lowest BCUT2D eigenvalue weighted by molar-refractivity contribution is -0.130. The van der Waals surface area contributed by atoms with Crippen LogP contribution in [0.5, 0.6) is 0 Å². The molecule has 1 amide bonds. The summed E-state index contributed by atoms with van der Waals surface area (Å²) in [6.07, 6.45) is 4.50. The van der Waals surface area contributed by atoms with Gasteiger partial charge in [0.15, 0.2) is 15.9 Å². The lowest BCUT2D eigenvalue weighted by Gasteiger charge is -2.30. The molecule has 7 heteroatoms. The Morgan fingerprint density at radius 1 is 1.16 bits per heavy atom. The Bertz CT molecular complexity index is 726. The van der Waals surface area contributed by atoms with E-state index in [9.17, 15) is 18.0 Å². The molecule has 6 nitrogen and oxygen atoms in total. The molecule has 1 aromatic carbocycles. The van der Waals surface area contributed by atoms with Gasteiger partial charge >= 0.3 is 5.97 Å². The Kier molecular flexibility index (Phi) is 6.21. The molecule has 25 heavy (non-hydrogen) atoms. The van der Waals surface area contributed by atoms with Crippen molar-refractivity contribution in [2.75, 3.05) is 6.26 Å². The standard InChI is InChI=1S/C18H25NO5S/c1-12-6-4-5-7-16(12)19-17(20)13(2)24-18(21)14-8-10-15(11-9-14)25(3,22)23/h8-13,16H,4-7H2,1-3H3,(H,19,20)/t12-,13-,16+/m0/s1. The number of esters is 1. The van der Waals surface area contributed by atoms with Crippen LogP contribution >= 0.6 is 0 Å². The van der Waals surface area contributed by atoms with Gasteiger partial charge in [0.1, 0.15) is 0 Å². The fourth-order valence-corrected chi connectivity index (χ4v) is 3.58. The van der Waals surface area contributed by atoms with Gasteiger partial charge in [-0.05, 0) is 49.9 Å². The molecule has 138 valence electrons. The zero-order chi connectivity index (χ0) is 18.6. The van der Waals surface area contributed by atoms with Gasteiger partial charge in [0, 0.05) is 12.3 Å². The van der Waals surface area contributed by atoms with Crippen LogP contribution in [0, 0.1) is 5.92 Å². The van der Waals surface area contributed by atoms with Gasteiger partial charge in [0.2, 0.25) is 0 Å². The van der Waals surface area contributed by atoms with E-state index in [4.69, 9.17) is 4.74 Å². The van der Waals surface area contributed by atoms with E-state index >= 15 is 0 Å². The van der Waals surface area contributed by atoms with E-state index < -0.39 is 21.9 Å². The summed E-state index contributed by atoms with van der Waals surface area (Å²) in [5, 5.41) is 2.96. The van der Waals surface area contributed by atoms with Gasteiger partial charge in [-0.25, -0.2) is 13.2 Å². The largest absolute Gasteiger partial charge is 0.449 e. The second kappa shape index (κ2) is 7.99. The van der Waals surface area contributed by atoms with E-state index in [0.717, 1.165) is 25.5 Å². The van der Waals surface area contributed by atoms with Crippen LogP contribution in [0.2, 0.25) is 0 Å². The van der Waals surface area contributed by atoms with Crippen molar-refractivity contribution < 1.29 is 22.7 Å². The molecule has 1 aliphatic carbocycles. The Labute approximate surface area is 148 Å². The molecule has 0 heterocycles. The van der Waals surface area contributed by atoms with E-state index in [1.807, 2.05) is 0 Å². The highest BCUT2D eigenvalue weighted by Gasteiger charge is 2.26. The van der Waals surface area contributed by atoms with Gasteiger partial charge in [-0.3, -0.25) is 4.79 Å². The summed E-state index contributed by atoms with van der Waals surface area (Å²) in [7, 11) is -3.32. The minimum atomic E-state index is -3.32. The highest BCUT2D eigenvalue weighted by molar-refractivity contribution is 7.90. The van der Waals surface area contributed by atoms with Crippen molar-refractivity contribution in [1.29, 1.82) is 0 Å². The predicted octanol–water partition coefficient (Wildman–Crippen LogP) is 2.33. The average molecular weight is 367 g/mol. The number of carbonyl (C=O) groups is 2. The minimum Gasteiger partial charge on any atom is -0.449 e. The van der Waals surface area contributed by atoms with Crippen molar-refractivity contribution in [3.05, 3.63) is 29.8 Å². The first-order valence-corrected chi connectivity index (χ1v) is 10.4. The zero-order valence-electron chi connectivity index (χ0n) is 14.8. The normalized spacial score (nSPS) is 22.0. The van der Waals surface area contributed by atoms with Crippen LogP contribution in [0.15, 0.2) is 29.2 Å². The third kappa shape index (κ3) is 5.29. The van der Waals surface area contributed by atoms with E-state index in [-0.39, 0.29) is 22.4 Å². The summed E-state index contributed by atoms with van der Waals surface area (Å²) in [6, 6.07) is 5.58. The number of sulfone groups is 1. The average Bonchev–Trinajstić information content (AvgIpc) is 2.56. The molecule has 0 unspecified atom stereocenters. The molecule has 1 saturated carbocycles. The molecule has 1 fully saturated rings. The predicted molar refractivity (Wildman–Crippen MR) is 94.0 cm³/mol. The van der Waals surface area contributed by atoms with Gasteiger partial charge in [0.25, 0.3) is 5.91 Å². The van der Waals surface area contributed by atoms with Crippen molar-refractivity contribution >= 4 is 21.7 Å². The van der Waals surface area contributed by atoms with Crippen LogP contribution in [0.3, 0.4) is 0 Å². The maximum absolute atomic E-state index is 12.2. The molecular weight excluding hydrogens is 342 g/mol. The first-order chi connectivity index (χ1) is 11.7. The summed E-state index contributed by atoms with van der Waals surface area (Å²) in [5.41, 5.74) is 0.207. The Balaban J connectivity index is 1.93. The molecule has 0 radical (unpaired) electrons. The molecule has 1 N–H and O–H groups in total. The number of carbonyl (C=O) groups excluding carboxylic acids is 2. The topological polar surface area (TPSA) is 89.5 Å². The lowest BCUT2D eigenvalue weighted by atomic mass is 9.86. The fourth-order valence-electron chi connectivity index (χ4n) is 2.95. The van der Waals surface area contributed by atoms with Crippen LogP contribution in [0.1, 0.15) is 49.9 Å². The maximum atomic E-state index is 12.2. The molecule has 0 aliphatic heterocycles. The second-order valence-corrected chi connectivity index (χ2v) is 8.74. The summed E-state index contributed by atoms with van der Waals surface area (Å²) in [6.45, 7) is 3.65. The van der Waals surface area contributed by atoms with Gasteiger partial charge in [-0.2, -0.15) is 0 Å². The van der Waals surface area contributed by atoms with Crippen LogP contribution in [-0.4, -0.2) is 38.7 Å². The molecule has 3 atom stereocenters. The Morgan fingerprint density at radius 2 is 1.76 bits per heavy atom. The Hall–Kier alpha value is -1.89. The zero-order valence-corrected chi connectivity index (χ0v) is 15.6. The Morgan fingerprint density at radius 3 is 2.32 bits per heavy atom. The number of ether oxygens (including phenoxy) is 1. The molecule has 0 bridgehead atoms. The minimum absolute atomic E-state index is 0.122. The number of benzene rings is 1. The first-order valence-electron chi connectivity index (χ1n) is 8.50. The van der Waals surface area contributed by atoms with E-state index in [2.05, 4.69) is 12.2 Å². The summed E-state index contributed by atoms with van der Waals surface area (Å²) >= 11 is 0. The monoisotopic (exact) mass is 367 g/mol. The number of rotatable bonds is 5. The lowest BCUT2D eigenvalue weighted by Crippen LogP contribution is -2.45. The van der Waals surface area contributed by atoms with Gasteiger partial charge in [0.05, 0.1) is 10.5 Å². The molecule has 1 aromatic rings. The fraction of sp³-hybridized carbons (Fsp3) is 0.556. The molecular formula is C18H25NO5S. The van der Waals surface area contributed by atoms with Crippen LogP contribution in [-0.2, 0) is 19.4 Å². The number of amides is 1. The van der Waals surface area contributed by atoms with E-state index in [1.165, 1.54) is 37.6 Å². The smallest absolute Gasteiger partial charge is 0.338 e. The summed E-state index contributed by atoms with van der Waals surface area (Å²) < 4.78 is 28.1. The highest BCUT2D eigenvalue weighted by atomic mass is 32.2. The number of hydrogen-bond acceptors (Lipinski definition) is 5. The quantitative estimate of drug-likeness (QED) is 0.807. The van der Waals surface area contributed by atoms with Crippen LogP contribution in [0.25, 0.3) is 0 Å². The van der Waals surface area contributed by atoms with Crippen molar-refractivity contribution in [1.82, 2.24) is 5.32 Å². The van der Waals surface area contributed by atoms with Crippen molar-refractivity contribution in [2.45, 2.75) is 56.6 Å². The molecule has 0 aromatic heterocycles. The van der Waals surface area contributed by atoms with Gasteiger partial charge in [-0.1, -0.05) is 19.8 Å². The maximum Gasteiger partial charge on any atom is 0.338 e. The van der Waals surface area contributed by atoms with Crippen molar-refractivity contribution in [2.24, 2.45) is 5.92 Å². The second-order valence-electron chi connectivity index (χ2n) is 6.72. The first kappa shape index (κ1) is 19.4.